The van der Waals surface area contributed by atoms with Gasteiger partial charge in [0, 0.05) is 25.8 Å². The van der Waals surface area contributed by atoms with E-state index in [9.17, 15) is 5.11 Å². The van der Waals surface area contributed by atoms with Gasteiger partial charge in [-0.1, -0.05) is 0 Å². The number of likely N-dealkylation sites (N-methyl/N-ethyl adjacent to an activating group) is 1. The minimum absolute atomic E-state index is 0.120. The molecule has 0 aromatic heterocycles. The Hall–Kier alpha value is -0.190. The monoisotopic (exact) mass is 228 g/mol. The first kappa shape index (κ1) is 11.3. The van der Waals surface area contributed by atoms with Crippen LogP contribution >= 0.6 is 11.8 Å². The van der Waals surface area contributed by atoms with Crippen molar-refractivity contribution in [3.8, 4) is 0 Å². The van der Waals surface area contributed by atoms with Gasteiger partial charge in [0.05, 0.1) is 11.5 Å². The van der Waals surface area contributed by atoms with E-state index in [0.717, 1.165) is 25.9 Å². The Balaban J connectivity index is 1.92. The molecule has 0 aromatic rings. The first-order chi connectivity index (χ1) is 7.18. The Labute approximate surface area is 96.1 Å². The van der Waals surface area contributed by atoms with Gasteiger partial charge in [-0.25, -0.2) is 0 Å². The minimum atomic E-state index is -0.120. The zero-order valence-electron chi connectivity index (χ0n) is 9.47. The molecule has 0 aliphatic carbocycles. The third kappa shape index (κ3) is 2.49. The molecule has 3 atom stereocenters. The van der Waals surface area contributed by atoms with Gasteiger partial charge in [0.2, 0.25) is 0 Å². The van der Waals surface area contributed by atoms with Crippen molar-refractivity contribution in [2.75, 3.05) is 20.1 Å². The zero-order chi connectivity index (χ0) is 10.8. The fourth-order valence-electron chi connectivity index (χ4n) is 2.38. The molecule has 2 aliphatic heterocycles. The molecule has 4 heteroatoms. The third-order valence-corrected chi connectivity index (χ3v) is 4.62. The highest BCUT2D eigenvalue weighted by atomic mass is 32.2. The van der Waals surface area contributed by atoms with Gasteiger partial charge in [-0.05, 0) is 31.7 Å². The normalized spacial score (nSPS) is 34.7. The lowest BCUT2D eigenvalue weighted by Gasteiger charge is -2.39. The minimum Gasteiger partial charge on any atom is -0.392 e. The predicted molar refractivity (Wildman–Crippen MR) is 64.6 cm³/mol. The molecule has 0 spiro atoms. The average molecular weight is 228 g/mol. The molecule has 3 unspecified atom stereocenters. The van der Waals surface area contributed by atoms with Crippen molar-refractivity contribution in [2.45, 2.75) is 37.3 Å². The van der Waals surface area contributed by atoms with Crippen molar-refractivity contribution >= 4 is 11.8 Å². The Morgan fingerprint density at radius 3 is 2.93 bits per heavy atom. The number of nitrogens with zero attached hydrogens (tertiary/aromatic N) is 2. The maximum atomic E-state index is 9.66. The molecule has 0 amide bonds. The summed E-state index contributed by atoms with van der Waals surface area (Å²) >= 11 is 1.88. The van der Waals surface area contributed by atoms with Crippen LogP contribution in [0.2, 0.25) is 0 Å². The van der Waals surface area contributed by atoms with Crippen molar-refractivity contribution in [3.05, 3.63) is 11.6 Å². The van der Waals surface area contributed by atoms with Crippen LogP contribution in [-0.2, 0) is 0 Å². The number of rotatable bonds is 2. The SMILES string of the molecule is CC(C1SC=CN1C)N1CCCC(O)C1. The molecule has 3 nitrogen and oxygen atoms in total. The fourth-order valence-corrected chi connectivity index (χ4v) is 3.47. The number of hydrogen-bond donors (Lipinski definition) is 1. The lowest BCUT2D eigenvalue weighted by atomic mass is 10.1. The van der Waals surface area contributed by atoms with E-state index in [1.54, 1.807) is 0 Å². The van der Waals surface area contributed by atoms with Crippen molar-refractivity contribution in [1.29, 1.82) is 0 Å². The lowest BCUT2D eigenvalue weighted by Crippen LogP contribution is -2.50. The predicted octanol–water partition coefficient (Wildman–Crippen LogP) is 1.31. The van der Waals surface area contributed by atoms with E-state index in [-0.39, 0.29) is 6.10 Å². The Bertz CT molecular complexity index is 247. The van der Waals surface area contributed by atoms with Crippen LogP contribution in [0.5, 0.6) is 0 Å². The Kier molecular flexibility index (Phi) is 3.59. The molecule has 1 N–H and O–H groups in total. The smallest absolute Gasteiger partial charge is 0.0935 e. The van der Waals surface area contributed by atoms with E-state index in [1.807, 2.05) is 11.8 Å². The first-order valence-electron chi connectivity index (χ1n) is 5.64. The fraction of sp³-hybridized carbons (Fsp3) is 0.818. The van der Waals surface area contributed by atoms with Crippen LogP contribution in [0, 0.1) is 0 Å². The molecule has 15 heavy (non-hydrogen) atoms. The highest BCUT2D eigenvalue weighted by molar-refractivity contribution is 8.02. The van der Waals surface area contributed by atoms with E-state index in [0.29, 0.717) is 11.4 Å². The molecule has 1 fully saturated rings. The average Bonchev–Trinajstić information content (AvgIpc) is 2.63. The van der Waals surface area contributed by atoms with Gasteiger partial charge >= 0.3 is 0 Å². The van der Waals surface area contributed by atoms with E-state index in [4.69, 9.17) is 0 Å². The van der Waals surface area contributed by atoms with Gasteiger partial charge in [0.1, 0.15) is 0 Å². The second-order valence-electron chi connectivity index (χ2n) is 4.51. The maximum absolute atomic E-state index is 9.66. The summed E-state index contributed by atoms with van der Waals surface area (Å²) in [5.74, 6) is 0. The molecule has 0 bridgehead atoms. The van der Waals surface area contributed by atoms with Crippen LogP contribution in [-0.4, -0.2) is 52.6 Å². The van der Waals surface area contributed by atoms with Gasteiger partial charge in [-0.3, -0.25) is 4.90 Å². The lowest BCUT2D eigenvalue weighted by molar-refractivity contribution is 0.0421. The van der Waals surface area contributed by atoms with Crippen molar-refractivity contribution < 1.29 is 5.11 Å². The van der Waals surface area contributed by atoms with Crippen LogP contribution in [0.15, 0.2) is 11.6 Å². The van der Waals surface area contributed by atoms with Crippen LogP contribution in [0.3, 0.4) is 0 Å². The summed E-state index contributed by atoms with van der Waals surface area (Å²) in [6.45, 7) is 4.23. The topological polar surface area (TPSA) is 26.7 Å². The summed E-state index contributed by atoms with van der Waals surface area (Å²) in [7, 11) is 2.12. The van der Waals surface area contributed by atoms with E-state index in [1.165, 1.54) is 0 Å². The van der Waals surface area contributed by atoms with Gasteiger partial charge < -0.3 is 10.0 Å². The highest BCUT2D eigenvalue weighted by Crippen LogP contribution is 2.29. The van der Waals surface area contributed by atoms with Gasteiger partial charge in [0.25, 0.3) is 0 Å². The number of thioether (sulfide) groups is 1. The molecule has 86 valence electrons. The molecule has 1 saturated heterocycles. The van der Waals surface area contributed by atoms with Gasteiger partial charge in [-0.2, -0.15) is 0 Å². The number of likely N-dealkylation sites (tertiary alicyclic amines) is 1. The molecular formula is C11H20N2OS. The van der Waals surface area contributed by atoms with Gasteiger partial charge in [-0.15, -0.1) is 11.8 Å². The standard InChI is InChI=1S/C11H20N2OS/c1-9(11-12(2)6-7-15-11)13-5-3-4-10(14)8-13/h6-7,9-11,14H,3-5,8H2,1-2H3. The van der Waals surface area contributed by atoms with Crippen molar-refractivity contribution in [3.63, 3.8) is 0 Å². The van der Waals surface area contributed by atoms with Crippen molar-refractivity contribution in [2.24, 2.45) is 0 Å². The van der Waals surface area contributed by atoms with Gasteiger partial charge in [0.15, 0.2) is 0 Å². The van der Waals surface area contributed by atoms with Crippen LogP contribution in [0.4, 0.5) is 0 Å². The summed E-state index contributed by atoms with van der Waals surface area (Å²) in [6.07, 6.45) is 4.10. The first-order valence-corrected chi connectivity index (χ1v) is 6.59. The number of aliphatic hydroxyl groups is 1. The zero-order valence-corrected chi connectivity index (χ0v) is 10.3. The van der Waals surface area contributed by atoms with Crippen molar-refractivity contribution in [1.82, 2.24) is 9.80 Å². The number of piperidine rings is 1. The van der Waals surface area contributed by atoms with Crippen LogP contribution < -0.4 is 0 Å². The largest absolute Gasteiger partial charge is 0.392 e. The van der Waals surface area contributed by atoms with E-state index < -0.39 is 0 Å². The van der Waals surface area contributed by atoms with E-state index >= 15 is 0 Å². The number of aliphatic hydroxyl groups excluding tert-OH is 1. The summed E-state index contributed by atoms with van der Waals surface area (Å²) in [5, 5.41) is 12.3. The Morgan fingerprint density at radius 1 is 1.53 bits per heavy atom. The molecule has 0 radical (unpaired) electrons. The highest BCUT2D eigenvalue weighted by Gasteiger charge is 2.30. The molecule has 2 aliphatic rings. The number of hydrogen-bond acceptors (Lipinski definition) is 4. The van der Waals surface area contributed by atoms with Crippen LogP contribution in [0.25, 0.3) is 0 Å². The maximum Gasteiger partial charge on any atom is 0.0935 e. The third-order valence-electron chi connectivity index (χ3n) is 3.33. The molecule has 2 rings (SSSR count). The van der Waals surface area contributed by atoms with E-state index in [2.05, 4.69) is 35.4 Å². The quantitative estimate of drug-likeness (QED) is 0.771. The summed E-state index contributed by atoms with van der Waals surface area (Å²) in [6, 6.07) is 0.505. The van der Waals surface area contributed by atoms with Crippen LogP contribution in [0.1, 0.15) is 19.8 Å². The molecular weight excluding hydrogens is 208 g/mol. The number of β-amino-alcohol motifs (C(OH)–C–C–N with tert-alkyl or cyclic N) is 1. The second-order valence-corrected chi connectivity index (χ2v) is 5.54. The summed E-state index contributed by atoms with van der Waals surface area (Å²) in [4.78, 5) is 4.67. The summed E-state index contributed by atoms with van der Waals surface area (Å²) in [5.41, 5.74) is 0. The summed E-state index contributed by atoms with van der Waals surface area (Å²) < 4.78 is 0. The second kappa shape index (κ2) is 4.76. The Morgan fingerprint density at radius 2 is 2.33 bits per heavy atom. The molecule has 0 aromatic carbocycles. The molecule has 2 heterocycles. The molecule has 0 saturated carbocycles.